The fourth-order valence-corrected chi connectivity index (χ4v) is 4.43. The van der Waals surface area contributed by atoms with Crippen molar-refractivity contribution in [2.75, 3.05) is 5.32 Å². The number of hydrogen-bond donors (Lipinski definition) is 3. The molecule has 0 unspecified atom stereocenters. The zero-order chi connectivity index (χ0) is 19.8. The average Bonchev–Trinajstić information content (AvgIpc) is 3.21. The lowest BCUT2D eigenvalue weighted by Crippen LogP contribution is -2.14. The fraction of sp³-hybridized carbons (Fsp3) is 0.316. The van der Waals surface area contributed by atoms with Crippen LogP contribution >= 0.6 is 11.3 Å². The van der Waals surface area contributed by atoms with Gasteiger partial charge in [-0.1, -0.05) is 0 Å². The number of benzene rings is 1. The second-order valence-electron chi connectivity index (χ2n) is 6.80. The molecule has 7 nitrogen and oxygen atoms in total. The lowest BCUT2D eigenvalue weighted by molar-refractivity contribution is 0.100. The van der Waals surface area contributed by atoms with Crippen molar-refractivity contribution in [3.05, 3.63) is 40.8 Å². The van der Waals surface area contributed by atoms with Gasteiger partial charge in [0.25, 0.3) is 5.91 Å². The number of hydrogen-bond acceptors (Lipinski definition) is 7. The van der Waals surface area contributed by atoms with Crippen molar-refractivity contribution in [1.82, 2.24) is 9.97 Å². The number of aromatic nitrogens is 2. The minimum absolute atomic E-state index is 0.174. The molecule has 4 N–H and O–H groups in total. The molecule has 1 saturated carbocycles. The summed E-state index contributed by atoms with van der Waals surface area (Å²) >= 11 is 1.21. The number of anilines is 2. The molecule has 1 aliphatic rings. The lowest BCUT2D eigenvalue weighted by atomic mass is 10.2. The van der Waals surface area contributed by atoms with Crippen LogP contribution in [0.3, 0.4) is 0 Å². The number of carbonyl (C=O) groups is 1. The van der Waals surface area contributed by atoms with Gasteiger partial charge in [0, 0.05) is 12.5 Å². The van der Waals surface area contributed by atoms with Gasteiger partial charge < -0.3 is 20.9 Å². The van der Waals surface area contributed by atoms with E-state index in [-0.39, 0.29) is 6.10 Å². The van der Waals surface area contributed by atoms with Crippen LogP contribution < -0.4 is 15.8 Å². The summed E-state index contributed by atoms with van der Waals surface area (Å²) in [5.41, 5.74) is 6.67. The molecule has 0 bridgehead atoms. The van der Waals surface area contributed by atoms with Crippen molar-refractivity contribution in [2.24, 2.45) is 5.73 Å². The molecule has 0 spiro atoms. The molecule has 0 saturated heterocycles. The number of aliphatic hydroxyl groups excluding tert-OH is 1. The van der Waals surface area contributed by atoms with Crippen molar-refractivity contribution < 1.29 is 19.0 Å². The lowest BCUT2D eigenvalue weighted by Gasteiger charge is -2.18. The summed E-state index contributed by atoms with van der Waals surface area (Å²) in [5.74, 6) is -0.116. The molecular formula is C19H19FN4O3S. The third kappa shape index (κ3) is 3.50. The van der Waals surface area contributed by atoms with Crippen molar-refractivity contribution in [3.8, 4) is 5.75 Å². The van der Waals surface area contributed by atoms with Crippen LogP contribution in [-0.4, -0.2) is 33.2 Å². The highest BCUT2D eigenvalue weighted by Crippen LogP contribution is 2.37. The molecule has 28 heavy (non-hydrogen) atoms. The highest BCUT2D eigenvalue weighted by Gasteiger charge is 2.25. The number of aliphatic hydroxyl groups is 1. The minimum atomic E-state index is -0.517. The summed E-state index contributed by atoms with van der Waals surface area (Å²) < 4.78 is 19.8. The average molecular weight is 402 g/mol. The fourth-order valence-electron chi connectivity index (χ4n) is 3.43. The Bertz CT molecular complexity index is 1060. The Kier molecular flexibility index (Phi) is 4.86. The van der Waals surface area contributed by atoms with E-state index in [1.54, 1.807) is 13.0 Å². The third-order valence-electron chi connectivity index (χ3n) is 4.80. The first-order valence-corrected chi connectivity index (χ1v) is 9.69. The van der Waals surface area contributed by atoms with Gasteiger partial charge in [-0.25, -0.2) is 14.4 Å². The molecule has 1 fully saturated rings. The van der Waals surface area contributed by atoms with Gasteiger partial charge in [0.2, 0.25) is 0 Å². The summed E-state index contributed by atoms with van der Waals surface area (Å²) in [6.45, 7) is 1.79. The smallest absolute Gasteiger partial charge is 0.259 e. The number of thiophene rings is 1. The third-order valence-corrected chi connectivity index (χ3v) is 6.01. The van der Waals surface area contributed by atoms with Crippen molar-refractivity contribution in [2.45, 2.75) is 38.4 Å². The van der Waals surface area contributed by atoms with Gasteiger partial charge in [0.05, 0.1) is 22.1 Å². The second kappa shape index (κ2) is 7.33. The number of amides is 1. The molecule has 1 aromatic carbocycles. The number of halogens is 1. The van der Waals surface area contributed by atoms with E-state index in [0.717, 1.165) is 0 Å². The number of primary amides is 1. The molecule has 4 rings (SSSR count). The standard InChI is InChI=1S/C19H19FN4O3S/c1-9-15-18(22-8-23-19(15)28-16(9)17(21)26)24-13-5-2-10(20)6-14(13)27-12-4-3-11(25)7-12/h2,5-6,8,11-12,25H,3-4,7H2,1H3,(H2,21,26)(H,22,23,24)/t11-,12+/m0/s1. The van der Waals surface area contributed by atoms with Gasteiger partial charge in [-0.05, 0) is 37.5 Å². The number of nitrogens with zero attached hydrogens (tertiary/aromatic N) is 2. The van der Waals surface area contributed by atoms with Crippen molar-refractivity contribution >= 4 is 39.0 Å². The van der Waals surface area contributed by atoms with Crippen LogP contribution in [-0.2, 0) is 0 Å². The van der Waals surface area contributed by atoms with Crippen molar-refractivity contribution in [1.29, 1.82) is 0 Å². The summed E-state index contributed by atoms with van der Waals surface area (Å²) in [6.07, 6.45) is 2.71. The molecule has 3 aromatic rings. The van der Waals surface area contributed by atoms with Gasteiger partial charge in [0.1, 0.15) is 34.6 Å². The van der Waals surface area contributed by atoms with E-state index >= 15 is 0 Å². The Labute approximate surface area is 164 Å². The molecule has 2 atom stereocenters. The van der Waals surface area contributed by atoms with E-state index in [9.17, 15) is 14.3 Å². The first-order valence-electron chi connectivity index (χ1n) is 8.87. The Balaban J connectivity index is 1.70. The number of ether oxygens (including phenoxy) is 1. The predicted octanol–water partition coefficient (Wildman–Crippen LogP) is 3.27. The van der Waals surface area contributed by atoms with E-state index in [2.05, 4.69) is 15.3 Å². The normalized spacial score (nSPS) is 19.1. The summed E-state index contributed by atoms with van der Waals surface area (Å²) in [6, 6.07) is 4.20. The first kappa shape index (κ1) is 18.6. The SMILES string of the molecule is Cc1c(C(N)=O)sc2ncnc(Nc3ccc(F)cc3O[C@@H]3CC[C@H](O)C3)c12. The zero-order valence-electron chi connectivity index (χ0n) is 15.1. The Morgan fingerprint density at radius 3 is 2.93 bits per heavy atom. The maximum Gasteiger partial charge on any atom is 0.259 e. The summed E-state index contributed by atoms with van der Waals surface area (Å²) in [4.78, 5) is 21.2. The Hall–Kier alpha value is -2.78. The summed E-state index contributed by atoms with van der Waals surface area (Å²) in [7, 11) is 0. The van der Waals surface area contributed by atoms with Crippen LogP contribution in [0.4, 0.5) is 15.9 Å². The van der Waals surface area contributed by atoms with Crippen LogP contribution in [0.2, 0.25) is 0 Å². The molecule has 9 heteroatoms. The van der Waals surface area contributed by atoms with Crippen molar-refractivity contribution in [3.63, 3.8) is 0 Å². The predicted molar refractivity (Wildman–Crippen MR) is 105 cm³/mol. The zero-order valence-corrected chi connectivity index (χ0v) is 15.9. The van der Waals surface area contributed by atoms with Gasteiger partial charge >= 0.3 is 0 Å². The maximum atomic E-state index is 13.8. The van der Waals surface area contributed by atoms with Crippen LogP contribution in [0.15, 0.2) is 24.5 Å². The molecule has 0 aliphatic heterocycles. The quantitative estimate of drug-likeness (QED) is 0.604. The molecule has 0 radical (unpaired) electrons. The van der Waals surface area contributed by atoms with Crippen LogP contribution in [0.5, 0.6) is 5.75 Å². The second-order valence-corrected chi connectivity index (χ2v) is 7.79. The van der Waals surface area contributed by atoms with Crippen LogP contribution in [0.25, 0.3) is 10.2 Å². The molecule has 2 aromatic heterocycles. The Morgan fingerprint density at radius 2 is 2.21 bits per heavy atom. The molecule has 2 heterocycles. The monoisotopic (exact) mass is 402 g/mol. The topological polar surface area (TPSA) is 110 Å². The number of nitrogens with two attached hydrogens (primary N) is 1. The number of carbonyl (C=O) groups excluding carboxylic acids is 1. The number of nitrogens with one attached hydrogen (secondary N) is 1. The number of fused-ring (bicyclic) bond motifs is 1. The highest BCUT2D eigenvalue weighted by atomic mass is 32.1. The van der Waals surface area contributed by atoms with Gasteiger partial charge in [-0.3, -0.25) is 4.79 Å². The highest BCUT2D eigenvalue weighted by molar-refractivity contribution is 7.20. The van der Waals surface area contributed by atoms with Crippen LogP contribution in [0, 0.1) is 12.7 Å². The van der Waals surface area contributed by atoms with E-state index in [1.165, 1.54) is 29.8 Å². The molecular weight excluding hydrogens is 383 g/mol. The first-order chi connectivity index (χ1) is 13.4. The van der Waals surface area contributed by atoms with E-state index in [4.69, 9.17) is 10.5 Å². The van der Waals surface area contributed by atoms with E-state index in [0.29, 0.717) is 57.2 Å². The summed E-state index contributed by atoms with van der Waals surface area (Å²) in [5, 5.41) is 13.6. The van der Waals surface area contributed by atoms with E-state index < -0.39 is 17.8 Å². The molecule has 1 amide bonds. The van der Waals surface area contributed by atoms with Gasteiger partial charge in [-0.15, -0.1) is 11.3 Å². The molecule has 1 aliphatic carbocycles. The minimum Gasteiger partial charge on any atom is -0.488 e. The maximum absolute atomic E-state index is 13.8. The van der Waals surface area contributed by atoms with Crippen LogP contribution in [0.1, 0.15) is 34.5 Å². The van der Waals surface area contributed by atoms with Gasteiger partial charge in [-0.2, -0.15) is 0 Å². The van der Waals surface area contributed by atoms with E-state index in [1.807, 2.05) is 0 Å². The number of aryl methyl sites for hydroxylation is 1. The van der Waals surface area contributed by atoms with Gasteiger partial charge in [0.15, 0.2) is 0 Å². The Morgan fingerprint density at radius 1 is 1.39 bits per heavy atom. The number of rotatable bonds is 5. The molecule has 146 valence electrons. The largest absolute Gasteiger partial charge is 0.488 e.